The number of hydrogen-bond acceptors (Lipinski definition) is 3. The minimum Gasteiger partial charge on any atom is -0.383 e. The zero-order valence-corrected chi connectivity index (χ0v) is 5.96. The van der Waals surface area contributed by atoms with Gasteiger partial charge in [0.15, 0.2) is 5.78 Å². The highest BCUT2D eigenvalue weighted by Crippen LogP contribution is 2.35. The van der Waals surface area contributed by atoms with Crippen LogP contribution >= 0.6 is 0 Å². The van der Waals surface area contributed by atoms with Crippen molar-refractivity contribution >= 4 is 5.78 Å². The molecule has 2 aliphatic rings. The van der Waals surface area contributed by atoms with Gasteiger partial charge in [-0.05, 0) is 0 Å². The Kier molecular flexibility index (Phi) is 1.28. The highest BCUT2D eigenvalue weighted by atomic mass is 16.5. The summed E-state index contributed by atoms with van der Waals surface area (Å²) in [6, 6.07) is 0.646. The van der Waals surface area contributed by atoms with Crippen LogP contribution < -0.4 is 5.32 Å². The van der Waals surface area contributed by atoms with Gasteiger partial charge in [0.05, 0.1) is 12.6 Å². The summed E-state index contributed by atoms with van der Waals surface area (Å²) in [7, 11) is 1.69. The summed E-state index contributed by atoms with van der Waals surface area (Å²) in [6.45, 7) is 0.744. The first-order valence-corrected chi connectivity index (χ1v) is 3.60. The molecule has 0 aromatic rings. The van der Waals surface area contributed by atoms with Crippen LogP contribution in [0.3, 0.4) is 0 Å². The summed E-state index contributed by atoms with van der Waals surface area (Å²) in [4.78, 5) is 10.7. The van der Waals surface area contributed by atoms with Crippen molar-refractivity contribution in [3.8, 4) is 0 Å². The largest absolute Gasteiger partial charge is 0.383 e. The molecule has 10 heavy (non-hydrogen) atoms. The number of ether oxygens (including phenoxy) is 1. The predicted molar refractivity (Wildman–Crippen MR) is 35.7 cm³/mol. The molecule has 1 saturated heterocycles. The molecule has 0 aromatic heterocycles. The van der Waals surface area contributed by atoms with Gasteiger partial charge in [-0.25, -0.2) is 0 Å². The van der Waals surface area contributed by atoms with E-state index >= 15 is 0 Å². The molecule has 0 amide bonds. The summed E-state index contributed by atoms with van der Waals surface area (Å²) in [5, 5.41) is 3.16. The molecular weight excluding hydrogens is 130 g/mol. The number of nitrogens with one attached hydrogen (secondary N) is 1. The quantitative estimate of drug-likeness (QED) is 0.566. The number of piperidine rings is 1. The summed E-state index contributed by atoms with van der Waals surface area (Å²) < 4.78 is 4.96. The maximum Gasteiger partial charge on any atom is 0.150 e. The first kappa shape index (κ1) is 6.31. The van der Waals surface area contributed by atoms with E-state index in [1.165, 1.54) is 0 Å². The monoisotopic (exact) mass is 141 g/mol. The highest BCUT2D eigenvalue weighted by Gasteiger charge is 2.52. The molecule has 0 aromatic carbocycles. The zero-order chi connectivity index (χ0) is 7.14. The van der Waals surface area contributed by atoms with E-state index in [2.05, 4.69) is 5.32 Å². The molecule has 1 heterocycles. The van der Waals surface area contributed by atoms with Crippen molar-refractivity contribution in [1.82, 2.24) is 5.32 Å². The van der Waals surface area contributed by atoms with Crippen LogP contribution in [0.4, 0.5) is 0 Å². The molecule has 3 nitrogen and oxygen atoms in total. The molecule has 2 rings (SSSR count). The fraction of sp³-hybridized carbons (Fsp3) is 0.857. The Labute approximate surface area is 59.7 Å². The average Bonchev–Trinajstić information content (AvgIpc) is 1.92. The average molecular weight is 141 g/mol. The van der Waals surface area contributed by atoms with E-state index in [9.17, 15) is 4.79 Å². The maximum atomic E-state index is 10.7. The van der Waals surface area contributed by atoms with Crippen LogP contribution in [0.2, 0.25) is 0 Å². The molecular formula is C7H11NO2. The number of Topliss-reactive ketones (excluding diaryl/α,β-unsaturated/α-hetero) is 1. The van der Waals surface area contributed by atoms with Crippen molar-refractivity contribution in [3.63, 3.8) is 0 Å². The number of methoxy groups -OCH3 is 1. The van der Waals surface area contributed by atoms with E-state index in [-0.39, 0.29) is 6.04 Å². The summed E-state index contributed by atoms with van der Waals surface area (Å²) in [5.41, 5.74) is 0. The first-order chi connectivity index (χ1) is 4.83. The van der Waals surface area contributed by atoms with Crippen molar-refractivity contribution in [3.05, 3.63) is 0 Å². The lowest BCUT2D eigenvalue weighted by atomic mass is 9.67. The Morgan fingerprint density at radius 1 is 1.80 bits per heavy atom. The van der Waals surface area contributed by atoms with Crippen molar-refractivity contribution < 1.29 is 9.53 Å². The number of rotatable bonds is 2. The maximum absolute atomic E-state index is 10.7. The highest BCUT2D eigenvalue weighted by molar-refractivity contribution is 5.92. The van der Waals surface area contributed by atoms with Crippen molar-refractivity contribution in [2.45, 2.75) is 18.5 Å². The topological polar surface area (TPSA) is 38.3 Å². The molecule has 0 bridgehead atoms. The van der Waals surface area contributed by atoms with Crippen molar-refractivity contribution in [2.24, 2.45) is 5.92 Å². The van der Waals surface area contributed by atoms with Gasteiger partial charge in [0, 0.05) is 25.5 Å². The van der Waals surface area contributed by atoms with Gasteiger partial charge in [0.25, 0.3) is 0 Å². The molecule has 56 valence electrons. The SMILES string of the molecule is COCC1NC2C(=O)CC12. The zero-order valence-electron chi connectivity index (χ0n) is 5.96. The van der Waals surface area contributed by atoms with E-state index in [1.54, 1.807) is 7.11 Å². The summed E-state index contributed by atoms with van der Waals surface area (Å²) >= 11 is 0. The third-order valence-corrected chi connectivity index (χ3v) is 2.47. The van der Waals surface area contributed by atoms with Crippen LogP contribution in [0.5, 0.6) is 0 Å². The molecule has 3 heteroatoms. The molecule has 1 saturated carbocycles. The molecule has 2 fully saturated rings. The van der Waals surface area contributed by atoms with E-state index < -0.39 is 0 Å². The minimum atomic E-state index is 0.195. The van der Waals surface area contributed by atoms with Gasteiger partial charge in [0.1, 0.15) is 0 Å². The van der Waals surface area contributed by atoms with E-state index in [0.29, 0.717) is 17.7 Å². The number of carbonyl (C=O) groups excluding carboxylic acids is 1. The standard InChI is InChI=1S/C7H11NO2/c1-10-3-5-4-2-6(9)7(4)8-5/h4-5,7-8H,2-3H2,1H3. The third kappa shape index (κ3) is 0.646. The number of carbonyl (C=O) groups is 1. The van der Waals surface area contributed by atoms with E-state index in [4.69, 9.17) is 4.74 Å². The van der Waals surface area contributed by atoms with Crippen LogP contribution in [0.15, 0.2) is 0 Å². The molecule has 0 spiro atoms. The molecule has 3 unspecified atom stereocenters. The molecule has 0 radical (unpaired) electrons. The second kappa shape index (κ2) is 2.04. The van der Waals surface area contributed by atoms with E-state index in [1.807, 2.05) is 0 Å². The predicted octanol–water partition coefficient (Wildman–Crippen LogP) is -0.438. The van der Waals surface area contributed by atoms with E-state index in [0.717, 1.165) is 13.0 Å². The summed E-state index contributed by atoms with van der Waals surface area (Å²) in [5.74, 6) is 0.963. The lowest BCUT2D eigenvalue weighted by molar-refractivity contribution is -0.141. The molecule has 1 N–H and O–H groups in total. The smallest absolute Gasteiger partial charge is 0.150 e. The van der Waals surface area contributed by atoms with Crippen LogP contribution in [0.25, 0.3) is 0 Å². The Balaban J connectivity index is 1.83. The molecule has 1 aliphatic carbocycles. The molecule has 1 aliphatic heterocycles. The first-order valence-electron chi connectivity index (χ1n) is 3.60. The Morgan fingerprint density at radius 3 is 3.00 bits per heavy atom. The second-order valence-electron chi connectivity index (χ2n) is 3.04. The Morgan fingerprint density at radius 2 is 2.60 bits per heavy atom. The number of fused-ring (bicyclic) bond motifs is 1. The molecule has 3 atom stereocenters. The van der Waals surface area contributed by atoms with Crippen molar-refractivity contribution in [1.29, 1.82) is 0 Å². The van der Waals surface area contributed by atoms with Crippen molar-refractivity contribution in [2.75, 3.05) is 13.7 Å². The van der Waals surface area contributed by atoms with Crippen LogP contribution in [-0.2, 0) is 9.53 Å². The summed E-state index contributed by atoms with van der Waals surface area (Å²) in [6.07, 6.45) is 0.770. The van der Waals surface area contributed by atoms with Gasteiger partial charge in [-0.3, -0.25) is 4.79 Å². The number of hydrogen-bond donors (Lipinski definition) is 1. The van der Waals surface area contributed by atoms with Gasteiger partial charge in [0.2, 0.25) is 0 Å². The van der Waals surface area contributed by atoms with Gasteiger partial charge in [-0.15, -0.1) is 0 Å². The van der Waals surface area contributed by atoms with Gasteiger partial charge in [-0.1, -0.05) is 0 Å². The minimum absolute atomic E-state index is 0.195. The van der Waals surface area contributed by atoms with Crippen LogP contribution in [0.1, 0.15) is 6.42 Å². The van der Waals surface area contributed by atoms with Crippen LogP contribution in [0, 0.1) is 5.92 Å². The fourth-order valence-electron chi connectivity index (χ4n) is 1.73. The number of ketones is 1. The van der Waals surface area contributed by atoms with Gasteiger partial charge >= 0.3 is 0 Å². The van der Waals surface area contributed by atoms with Gasteiger partial charge < -0.3 is 10.1 Å². The Bertz CT molecular complexity index is 169. The second-order valence-corrected chi connectivity index (χ2v) is 3.04. The normalized spacial score (nSPS) is 43.7. The van der Waals surface area contributed by atoms with Gasteiger partial charge in [-0.2, -0.15) is 0 Å². The lowest BCUT2D eigenvalue weighted by Gasteiger charge is -2.52. The third-order valence-electron chi connectivity index (χ3n) is 2.47. The Hall–Kier alpha value is -0.410. The fourth-order valence-corrected chi connectivity index (χ4v) is 1.73. The lowest BCUT2D eigenvalue weighted by Crippen LogP contribution is -2.73. The van der Waals surface area contributed by atoms with Crippen LogP contribution in [-0.4, -0.2) is 31.6 Å².